The van der Waals surface area contributed by atoms with Gasteiger partial charge >= 0.3 is 0 Å². The predicted molar refractivity (Wildman–Crippen MR) is 99.6 cm³/mol. The van der Waals surface area contributed by atoms with Gasteiger partial charge in [-0.05, 0) is 72.3 Å². The molecule has 0 radical (unpaired) electrons. The van der Waals surface area contributed by atoms with Gasteiger partial charge in [0.25, 0.3) is 5.91 Å². The average molecular weight is 420 g/mol. The number of benzene rings is 2. The molecule has 3 rings (SSSR count). The van der Waals surface area contributed by atoms with E-state index in [9.17, 15) is 9.59 Å². The molecule has 1 N–H and O–H groups in total. The first kappa shape index (κ1) is 16.0. The molecule has 0 bridgehead atoms. The van der Waals surface area contributed by atoms with Gasteiger partial charge in [0.05, 0.1) is 12.1 Å². The number of hydrogen-bond donors (Lipinski definition) is 1. The summed E-state index contributed by atoms with van der Waals surface area (Å²) >= 11 is 2.19. The van der Waals surface area contributed by atoms with Crippen molar-refractivity contribution in [3.8, 4) is 0 Å². The second kappa shape index (κ2) is 6.31. The van der Waals surface area contributed by atoms with Crippen molar-refractivity contribution in [3.05, 3.63) is 57.2 Å². The summed E-state index contributed by atoms with van der Waals surface area (Å²) in [6.07, 6.45) is 0.179. The Labute approximate surface area is 149 Å². The summed E-state index contributed by atoms with van der Waals surface area (Å²) in [5.74, 6) is -0.366. The van der Waals surface area contributed by atoms with Gasteiger partial charge in [0, 0.05) is 9.26 Å². The minimum atomic E-state index is -0.511. The molecule has 0 saturated carbocycles. The van der Waals surface area contributed by atoms with Crippen LogP contribution in [0.4, 0.5) is 11.4 Å². The fraction of sp³-hybridized carbons (Fsp3) is 0.222. The number of imide groups is 1. The maximum Gasteiger partial charge on any atom is 0.256 e. The van der Waals surface area contributed by atoms with Crippen molar-refractivity contribution in [3.63, 3.8) is 0 Å². The summed E-state index contributed by atoms with van der Waals surface area (Å²) in [6, 6.07) is 12.9. The smallest absolute Gasteiger partial charge is 0.256 e. The maximum absolute atomic E-state index is 12.6. The lowest BCUT2D eigenvalue weighted by Crippen LogP contribution is -2.34. The summed E-state index contributed by atoms with van der Waals surface area (Å²) in [6.45, 7) is 4.02. The molecule has 0 unspecified atom stereocenters. The lowest BCUT2D eigenvalue weighted by atomic mass is 10.1. The number of nitrogens with one attached hydrogen (secondary N) is 1. The summed E-state index contributed by atoms with van der Waals surface area (Å²) in [4.78, 5) is 26.2. The van der Waals surface area contributed by atoms with Gasteiger partial charge in [-0.25, -0.2) is 4.90 Å². The van der Waals surface area contributed by atoms with E-state index in [0.29, 0.717) is 5.69 Å². The van der Waals surface area contributed by atoms with Crippen LogP contribution < -0.4 is 10.2 Å². The number of amides is 2. The Hall–Kier alpha value is -1.89. The minimum Gasteiger partial charge on any atom is -0.373 e. The molecule has 2 aromatic rings. The number of carbonyl (C=O) groups excluding carboxylic acids is 2. The van der Waals surface area contributed by atoms with Gasteiger partial charge in [0.2, 0.25) is 5.91 Å². The maximum atomic E-state index is 12.6. The monoisotopic (exact) mass is 420 g/mol. The lowest BCUT2D eigenvalue weighted by molar-refractivity contribution is -0.121. The highest BCUT2D eigenvalue weighted by Crippen LogP contribution is 2.26. The molecular formula is C18H17IN2O2. The lowest BCUT2D eigenvalue weighted by Gasteiger charge is -2.17. The summed E-state index contributed by atoms with van der Waals surface area (Å²) in [5.41, 5.74) is 3.76. The molecule has 1 aliphatic rings. The van der Waals surface area contributed by atoms with Gasteiger partial charge in [0.1, 0.15) is 6.04 Å². The molecule has 0 aromatic heterocycles. The molecule has 1 aliphatic heterocycles. The molecule has 118 valence electrons. The number of aryl methyl sites for hydroxylation is 2. The third kappa shape index (κ3) is 3.24. The van der Waals surface area contributed by atoms with Crippen LogP contribution in [-0.2, 0) is 9.59 Å². The Kier molecular flexibility index (Phi) is 4.39. The number of rotatable bonds is 3. The van der Waals surface area contributed by atoms with E-state index in [1.807, 2.05) is 38.1 Å². The van der Waals surface area contributed by atoms with Crippen molar-refractivity contribution < 1.29 is 9.59 Å². The quantitative estimate of drug-likeness (QED) is 0.610. The first-order valence-electron chi connectivity index (χ1n) is 7.42. The highest BCUT2D eigenvalue weighted by Gasteiger charge is 2.39. The van der Waals surface area contributed by atoms with Crippen molar-refractivity contribution in [2.75, 3.05) is 10.2 Å². The summed E-state index contributed by atoms with van der Waals surface area (Å²) < 4.78 is 1.07. The third-order valence-electron chi connectivity index (χ3n) is 3.94. The second-order valence-electron chi connectivity index (χ2n) is 5.76. The summed E-state index contributed by atoms with van der Waals surface area (Å²) in [7, 11) is 0. The predicted octanol–water partition coefficient (Wildman–Crippen LogP) is 3.65. The Bertz CT molecular complexity index is 771. The molecule has 0 spiro atoms. The standard InChI is InChI=1S/C18H17IN2O2/c1-11-3-8-15(12(2)9-11)20-16-10-17(22)21(18(16)23)14-6-4-13(19)5-7-14/h3-9,16,20H,10H2,1-2H3/t16-/m0/s1. The van der Waals surface area contributed by atoms with Gasteiger partial charge in [-0.15, -0.1) is 0 Å². The molecule has 0 aliphatic carbocycles. The summed E-state index contributed by atoms with van der Waals surface area (Å²) in [5, 5.41) is 3.21. The molecule has 1 atom stereocenters. The van der Waals surface area contributed by atoms with Gasteiger partial charge in [-0.2, -0.15) is 0 Å². The van der Waals surface area contributed by atoms with Crippen LogP contribution in [0.2, 0.25) is 0 Å². The van der Waals surface area contributed by atoms with Crippen LogP contribution in [0, 0.1) is 17.4 Å². The zero-order chi connectivity index (χ0) is 16.6. The van der Waals surface area contributed by atoms with Gasteiger partial charge in [-0.3, -0.25) is 9.59 Å². The van der Waals surface area contributed by atoms with Crippen LogP contribution in [0.25, 0.3) is 0 Å². The van der Waals surface area contributed by atoms with Crippen molar-refractivity contribution in [2.24, 2.45) is 0 Å². The number of halogens is 1. The normalized spacial score (nSPS) is 17.7. The van der Waals surface area contributed by atoms with Gasteiger partial charge in [-0.1, -0.05) is 17.7 Å². The van der Waals surface area contributed by atoms with E-state index in [-0.39, 0.29) is 18.2 Å². The Morgan fingerprint density at radius 1 is 1.09 bits per heavy atom. The number of carbonyl (C=O) groups is 2. The first-order chi connectivity index (χ1) is 11.0. The molecule has 2 aromatic carbocycles. The van der Waals surface area contributed by atoms with Crippen molar-refractivity contribution in [1.29, 1.82) is 0 Å². The first-order valence-corrected chi connectivity index (χ1v) is 8.50. The fourth-order valence-electron chi connectivity index (χ4n) is 2.77. The molecule has 2 amide bonds. The highest BCUT2D eigenvalue weighted by molar-refractivity contribution is 14.1. The van der Waals surface area contributed by atoms with Crippen molar-refractivity contribution in [1.82, 2.24) is 0 Å². The molecule has 1 heterocycles. The highest BCUT2D eigenvalue weighted by atomic mass is 127. The largest absolute Gasteiger partial charge is 0.373 e. The third-order valence-corrected chi connectivity index (χ3v) is 4.66. The zero-order valence-corrected chi connectivity index (χ0v) is 15.1. The molecule has 1 saturated heterocycles. The molecule has 1 fully saturated rings. The molecule has 4 nitrogen and oxygen atoms in total. The van der Waals surface area contributed by atoms with Crippen LogP contribution >= 0.6 is 22.6 Å². The molecule has 5 heteroatoms. The zero-order valence-electron chi connectivity index (χ0n) is 13.0. The van der Waals surface area contributed by atoms with E-state index in [0.717, 1.165) is 14.8 Å². The van der Waals surface area contributed by atoms with Crippen molar-refractivity contribution in [2.45, 2.75) is 26.3 Å². The van der Waals surface area contributed by atoms with E-state index in [1.165, 1.54) is 10.5 Å². The van der Waals surface area contributed by atoms with Crippen LogP contribution in [0.5, 0.6) is 0 Å². The minimum absolute atomic E-state index is 0.168. The van der Waals surface area contributed by atoms with Gasteiger partial charge in [0.15, 0.2) is 0 Å². The number of nitrogens with zero attached hydrogens (tertiary/aromatic N) is 1. The van der Waals surface area contributed by atoms with Crippen molar-refractivity contribution >= 4 is 45.8 Å². The van der Waals surface area contributed by atoms with E-state index in [4.69, 9.17) is 0 Å². The second-order valence-corrected chi connectivity index (χ2v) is 7.01. The number of anilines is 2. The topological polar surface area (TPSA) is 49.4 Å². The van der Waals surface area contributed by atoms with Crippen LogP contribution in [-0.4, -0.2) is 17.9 Å². The fourth-order valence-corrected chi connectivity index (χ4v) is 3.13. The van der Waals surface area contributed by atoms with Crippen LogP contribution in [0.3, 0.4) is 0 Å². The Morgan fingerprint density at radius 3 is 2.43 bits per heavy atom. The SMILES string of the molecule is Cc1ccc(N[C@H]2CC(=O)N(c3ccc(I)cc3)C2=O)c(C)c1. The van der Waals surface area contributed by atoms with E-state index in [1.54, 1.807) is 12.1 Å². The van der Waals surface area contributed by atoms with Gasteiger partial charge < -0.3 is 5.32 Å². The Balaban J connectivity index is 1.82. The number of hydrogen-bond acceptors (Lipinski definition) is 3. The molecular weight excluding hydrogens is 403 g/mol. The van der Waals surface area contributed by atoms with E-state index >= 15 is 0 Å². The Morgan fingerprint density at radius 2 is 1.78 bits per heavy atom. The van der Waals surface area contributed by atoms with Crippen LogP contribution in [0.15, 0.2) is 42.5 Å². The van der Waals surface area contributed by atoms with E-state index in [2.05, 4.69) is 34.0 Å². The average Bonchev–Trinajstić information content (AvgIpc) is 2.78. The van der Waals surface area contributed by atoms with E-state index < -0.39 is 6.04 Å². The molecule has 23 heavy (non-hydrogen) atoms. The van der Waals surface area contributed by atoms with Crippen LogP contribution in [0.1, 0.15) is 17.5 Å².